The lowest BCUT2D eigenvalue weighted by Crippen LogP contribution is -2.27. The number of imidazole rings is 1. The number of aromatic amines is 1. The summed E-state index contributed by atoms with van der Waals surface area (Å²) in [4.78, 5) is 10.7. The van der Waals surface area contributed by atoms with Crippen molar-refractivity contribution in [2.24, 2.45) is 0 Å². The SMILES string of the molecule is CN(C)c1ccc(-c2nc3c([nH]2)C(C)(C)Cc2c-3cnn2-c2ccc(Br)cc2)cc1. The average Bonchev–Trinajstić information content (AvgIpc) is 3.33. The van der Waals surface area contributed by atoms with E-state index >= 15 is 0 Å². The van der Waals surface area contributed by atoms with Crippen LogP contribution in [0.5, 0.6) is 0 Å². The van der Waals surface area contributed by atoms with Crippen LogP contribution in [-0.4, -0.2) is 33.8 Å². The second-order valence-corrected chi connectivity index (χ2v) is 9.62. The number of fused-ring (bicyclic) bond motifs is 3. The van der Waals surface area contributed by atoms with Crippen molar-refractivity contribution >= 4 is 21.6 Å². The summed E-state index contributed by atoms with van der Waals surface area (Å²) in [7, 11) is 4.10. The van der Waals surface area contributed by atoms with Crippen LogP contribution in [-0.2, 0) is 11.8 Å². The summed E-state index contributed by atoms with van der Waals surface area (Å²) in [5.41, 5.74) is 7.77. The number of H-pyrrole nitrogens is 1. The molecule has 2 aromatic heterocycles. The molecule has 2 aromatic carbocycles. The normalized spacial score (nSPS) is 14.3. The zero-order chi connectivity index (χ0) is 21.0. The third-order valence-electron chi connectivity index (χ3n) is 5.84. The average molecular weight is 462 g/mol. The Hall–Kier alpha value is -2.86. The monoisotopic (exact) mass is 461 g/mol. The molecule has 0 spiro atoms. The van der Waals surface area contributed by atoms with E-state index in [1.807, 2.05) is 37.1 Å². The highest BCUT2D eigenvalue weighted by Gasteiger charge is 2.37. The number of hydrogen-bond donors (Lipinski definition) is 1. The highest BCUT2D eigenvalue weighted by molar-refractivity contribution is 9.10. The van der Waals surface area contributed by atoms with E-state index < -0.39 is 0 Å². The predicted molar refractivity (Wildman–Crippen MR) is 125 cm³/mol. The van der Waals surface area contributed by atoms with Crippen molar-refractivity contribution in [3.05, 3.63) is 70.6 Å². The van der Waals surface area contributed by atoms with Gasteiger partial charge in [0.2, 0.25) is 0 Å². The molecule has 1 N–H and O–H groups in total. The van der Waals surface area contributed by atoms with E-state index in [1.165, 1.54) is 17.1 Å². The van der Waals surface area contributed by atoms with E-state index in [0.29, 0.717) is 0 Å². The Balaban J connectivity index is 1.61. The standard InChI is InChI=1S/C24H24BrN5/c1-24(2)13-20-19(14-26-30(20)18-11-7-16(25)8-12-18)21-22(24)28-23(27-21)15-5-9-17(10-6-15)29(3)4/h5-12,14H,13H2,1-4H3,(H,27,28). The zero-order valence-corrected chi connectivity index (χ0v) is 19.2. The summed E-state index contributed by atoms with van der Waals surface area (Å²) in [6.45, 7) is 4.54. The molecule has 0 atom stereocenters. The van der Waals surface area contributed by atoms with Gasteiger partial charge in [0.05, 0.1) is 23.3 Å². The summed E-state index contributed by atoms with van der Waals surface area (Å²) < 4.78 is 3.11. The lowest BCUT2D eigenvalue weighted by atomic mass is 9.77. The van der Waals surface area contributed by atoms with Gasteiger partial charge >= 0.3 is 0 Å². The molecule has 0 amide bonds. The number of aromatic nitrogens is 4. The molecule has 30 heavy (non-hydrogen) atoms. The first-order valence-corrected chi connectivity index (χ1v) is 10.8. The zero-order valence-electron chi connectivity index (χ0n) is 17.6. The van der Waals surface area contributed by atoms with E-state index in [0.717, 1.165) is 39.2 Å². The maximum atomic E-state index is 5.02. The first kappa shape index (κ1) is 19.1. The Labute approximate surface area is 184 Å². The van der Waals surface area contributed by atoms with Crippen LogP contribution in [0.1, 0.15) is 25.2 Å². The van der Waals surface area contributed by atoms with Gasteiger partial charge in [-0.15, -0.1) is 0 Å². The van der Waals surface area contributed by atoms with Gasteiger partial charge < -0.3 is 9.88 Å². The molecule has 5 nitrogen and oxygen atoms in total. The molecule has 0 unspecified atom stereocenters. The number of hydrogen-bond acceptors (Lipinski definition) is 3. The van der Waals surface area contributed by atoms with Crippen LogP contribution >= 0.6 is 15.9 Å². The summed E-state index contributed by atoms with van der Waals surface area (Å²) in [5, 5.41) is 4.72. The summed E-state index contributed by atoms with van der Waals surface area (Å²) in [6, 6.07) is 16.8. The third kappa shape index (κ3) is 3.06. The molecule has 5 rings (SSSR count). The largest absolute Gasteiger partial charge is 0.378 e. The van der Waals surface area contributed by atoms with Crippen LogP contribution in [0.4, 0.5) is 5.69 Å². The minimum Gasteiger partial charge on any atom is -0.378 e. The van der Waals surface area contributed by atoms with Gasteiger partial charge in [-0.05, 0) is 48.5 Å². The van der Waals surface area contributed by atoms with E-state index in [-0.39, 0.29) is 5.41 Å². The maximum Gasteiger partial charge on any atom is 0.138 e. The van der Waals surface area contributed by atoms with Crippen LogP contribution in [0.25, 0.3) is 28.3 Å². The van der Waals surface area contributed by atoms with Crippen LogP contribution < -0.4 is 4.90 Å². The lowest BCUT2D eigenvalue weighted by molar-refractivity contribution is 0.489. The maximum absolute atomic E-state index is 5.02. The van der Waals surface area contributed by atoms with Crippen molar-refractivity contribution in [3.63, 3.8) is 0 Å². The Kier molecular flexibility index (Phi) is 4.36. The fraction of sp³-hybridized carbons (Fsp3) is 0.250. The first-order chi connectivity index (χ1) is 14.3. The van der Waals surface area contributed by atoms with Gasteiger partial charge in [0.15, 0.2) is 0 Å². The molecule has 0 saturated heterocycles. The van der Waals surface area contributed by atoms with Gasteiger partial charge in [-0.3, -0.25) is 0 Å². The Morgan fingerprint density at radius 3 is 2.40 bits per heavy atom. The molecule has 0 bridgehead atoms. The lowest BCUT2D eigenvalue weighted by Gasteiger charge is -2.29. The highest BCUT2D eigenvalue weighted by atomic mass is 79.9. The quantitative estimate of drug-likeness (QED) is 0.432. The van der Waals surface area contributed by atoms with Gasteiger partial charge in [-0.25, -0.2) is 9.67 Å². The number of nitrogens with one attached hydrogen (secondary N) is 1. The molecule has 0 aliphatic heterocycles. The summed E-state index contributed by atoms with van der Waals surface area (Å²) in [5.74, 6) is 0.905. The van der Waals surface area contributed by atoms with Crippen LogP contribution in [0, 0.1) is 0 Å². The summed E-state index contributed by atoms with van der Waals surface area (Å²) in [6.07, 6.45) is 2.85. The molecule has 1 aliphatic carbocycles. The van der Waals surface area contributed by atoms with Crippen molar-refractivity contribution in [3.8, 4) is 28.3 Å². The molecule has 4 aromatic rings. The molecular weight excluding hydrogens is 438 g/mol. The molecule has 0 radical (unpaired) electrons. The molecule has 0 fully saturated rings. The Morgan fingerprint density at radius 2 is 1.73 bits per heavy atom. The highest BCUT2D eigenvalue weighted by Crippen LogP contribution is 2.43. The van der Waals surface area contributed by atoms with Crippen molar-refractivity contribution in [1.29, 1.82) is 0 Å². The first-order valence-electron chi connectivity index (χ1n) is 10.0. The van der Waals surface area contributed by atoms with Crippen LogP contribution in [0.2, 0.25) is 0 Å². The van der Waals surface area contributed by atoms with Gasteiger partial charge in [-0.1, -0.05) is 29.8 Å². The molecule has 152 valence electrons. The number of benzene rings is 2. The second kappa shape index (κ2) is 6.84. The second-order valence-electron chi connectivity index (χ2n) is 8.70. The fourth-order valence-corrected chi connectivity index (χ4v) is 4.43. The predicted octanol–water partition coefficient (Wildman–Crippen LogP) is 5.59. The molecule has 1 aliphatic rings. The topological polar surface area (TPSA) is 49.7 Å². The summed E-state index contributed by atoms with van der Waals surface area (Å²) >= 11 is 3.51. The van der Waals surface area contributed by atoms with Crippen molar-refractivity contribution < 1.29 is 0 Å². The Bertz CT molecular complexity index is 1210. The van der Waals surface area contributed by atoms with Gasteiger partial charge in [0.1, 0.15) is 5.82 Å². The van der Waals surface area contributed by atoms with Crippen molar-refractivity contribution in [1.82, 2.24) is 19.7 Å². The van der Waals surface area contributed by atoms with Crippen molar-refractivity contribution in [2.75, 3.05) is 19.0 Å². The molecule has 0 saturated carbocycles. The Morgan fingerprint density at radius 1 is 1.03 bits per heavy atom. The smallest absolute Gasteiger partial charge is 0.138 e. The van der Waals surface area contributed by atoms with E-state index in [4.69, 9.17) is 10.1 Å². The van der Waals surface area contributed by atoms with Gasteiger partial charge in [-0.2, -0.15) is 5.10 Å². The minimum absolute atomic E-state index is 0.0652. The number of rotatable bonds is 3. The molecular formula is C24H24BrN5. The number of halogens is 1. The number of anilines is 1. The van der Waals surface area contributed by atoms with E-state index in [1.54, 1.807) is 0 Å². The van der Waals surface area contributed by atoms with Crippen LogP contribution in [0.3, 0.4) is 0 Å². The third-order valence-corrected chi connectivity index (χ3v) is 6.37. The van der Waals surface area contributed by atoms with Crippen molar-refractivity contribution in [2.45, 2.75) is 25.7 Å². The fourth-order valence-electron chi connectivity index (χ4n) is 4.17. The van der Waals surface area contributed by atoms with Gasteiger partial charge in [0, 0.05) is 52.9 Å². The van der Waals surface area contributed by atoms with E-state index in [9.17, 15) is 0 Å². The van der Waals surface area contributed by atoms with E-state index in [2.05, 4.69) is 76.1 Å². The van der Waals surface area contributed by atoms with Crippen LogP contribution in [0.15, 0.2) is 59.2 Å². The molecule has 6 heteroatoms. The molecule has 2 heterocycles. The van der Waals surface area contributed by atoms with Gasteiger partial charge in [0.25, 0.3) is 0 Å². The number of nitrogens with zero attached hydrogens (tertiary/aromatic N) is 4. The minimum atomic E-state index is -0.0652.